The number of halogens is 3. The number of hydrogen-bond donors (Lipinski definition) is 2. The molecule has 0 bridgehead atoms. The van der Waals surface area contributed by atoms with E-state index >= 15 is 0 Å². The standard InChI is InChI=1S/C20H25F3N4O/c1-14(16-3-2-9-24-13-16)11-19(28)25-12-15-4-6-17(7-5-15)27-10-8-18(26-27)20(21,22)23/h4-8,10,14,16,24H,2-3,9,11-13H2,1H3,(H,25,28). The zero-order chi connectivity index (χ0) is 20.1. The van der Waals surface area contributed by atoms with Gasteiger partial charge in [-0.3, -0.25) is 4.79 Å². The molecule has 1 saturated heterocycles. The van der Waals surface area contributed by atoms with Crippen molar-refractivity contribution in [2.24, 2.45) is 11.8 Å². The lowest BCUT2D eigenvalue weighted by Crippen LogP contribution is -2.35. The third kappa shape index (κ3) is 5.34. The van der Waals surface area contributed by atoms with Crippen molar-refractivity contribution in [3.05, 3.63) is 47.8 Å². The summed E-state index contributed by atoms with van der Waals surface area (Å²) in [5.41, 5.74) is 0.488. The molecule has 2 atom stereocenters. The molecular formula is C20H25F3N4O. The van der Waals surface area contributed by atoms with Gasteiger partial charge in [-0.1, -0.05) is 19.1 Å². The number of benzene rings is 1. The van der Waals surface area contributed by atoms with Gasteiger partial charge in [0.25, 0.3) is 0 Å². The third-order valence-electron chi connectivity index (χ3n) is 5.22. The predicted octanol–water partition coefficient (Wildman–Crippen LogP) is 3.53. The number of nitrogens with zero attached hydrogens (tertiary/aromatic N) is 2. The summed E-state index contributed by atoms with van der Waals surface area (Å²) >= 11 is 0. The first-order valence-electron chi connectivity index (χ1n) is 9.52. The quantitative estimate of drug-likeness (QED) is 0.788. The van der Waals surface area contributed by atoms with Crippen molar-refractivity contribution in [1.82, 2.24) is 20.4 Å². The molecule has 1 fully saturated rings. The number of rotatable bonds is 6. The highest BCUT2D eigenvalue weighted by Gasteiger charge is 2.33. The van der Waals surface area contributed by atoms with Crippen LogP contribution < -0.4 is 10.6 Å². The smallest absolute Gasteiger partial charge is 0.352 e. The Hall–Kier alpha value is -2.35. The van der Waals surface area contributed by atoms with Gasteiger partial charge in [-0.25, -0.2) is 4.68 Å². The van der Waals surface area contributed by atoms with Crippen LogP contribution in [0.5, 0.6) is 0 Å². The van der Waals surface area contributed by atoms with Crippen molar-refractivity contribution in [3.8, 4) is 5.69 Å². The zero-order valence-corrected chi connectivity index (χ0v) is 15.8. The molecule has 2 aromatic rings. The summed E-state index contributed by atoms with van der Waals surface area (Å²) in [6.07, 6.45) is -0.366. The fraction of sp³-hybridized carbons (Fsp3) is 0.500. The summed E-state index contributed by atoms with van der Waals surface area (Å²) < 4.78 is 39.1. The number of carbonyl (C=O) groups is 1. The molecular weight excluding hydrogens is 369 g/mol. The van der Waals surface area contributed by atoms with Gasteiger partial charge in [-0.15, -0.1) is 0 Å². The summed E-state index contributed by atoms with van der Waals surface area (Å²) in [6.45, 7) is 4.54. The lowest BCUT2D eigenvalue weighted by atomic mass is 9.85. The predicted molar refractivity (Wildman–Crippen MR) is 99.8 cm³/mol. The van der Waals surface area contributed by atoms with Gasteiger partial charge in [-0.05, 0) is 61.5 Å². The van der Waals surface area contributed by atoms with E-state index in [1.165, 1.54) is 10.9 Å². The summed E-state index contributed by atoms with van der Waals surface area (Å²) in [5, 5.41) is 9.85. The maximum absolute atomic E-state index is 12.6. The molecule has 2 unspecified atom stereocenters. The largest absolute Gasteiger partial charge is 0.435 e. The SMILES string of the molecule is CC(CC(=O)NCc1ccc(-n2ccc(C(F)(F)F)n2)cc1)C1CCCNC1. The monoisotopic (exact) mass is 394 g/mol. The molecule has 8 heteroatoms. The van der Waals surface area contributed by atoms with Gasteiger partial charge in [0.15, 0.2) is 5.69 Å². The molecule has 0 radical (unpaired) electrons. The maximum atomic E-state index is 12.6. The van der Waals surface area contributed by atoms with Crippen LogP contribution in [0.1, 0.15) is 37.4 Å². The average Bonchev–Trinajstić information content (AvgIpc) is 3.18. The average molecular weight is 394 g/mol. The highest BCUT2D eigenvalue weighted by molar-refractivity contribution is 5.76. The van der Waals surface area contributed by atoms with Crippen molar-refractivity contribution in [2.45, 2.75) is 38.9 Å². The summed E-state index contributed by atoms with van der Waals surface area (Å²) in [6, 6.07) is 7.87. The van der Waals surface area contributed by atoms with Crippen LogP contribution >= 0.6 is 0 Å². The van der Waals surface area contributed by atoms with E-state index in [1.54, 1.807) is 24.3 Å². The van der Waals surface area contributed by atoms with E-state index in [0.717, 1.165) is 37.6 Å². The van der Waals surface area contributed by atoms with Crippen molar-refractivity contribution < 1.29 is 18.0 Å². The molecule has 2 N–H and O–H groups in total. The van der Waals surface area contributed by atoms with Gasteiger partial charge in [-0.2, -0.15) is 18.3 Å². The lowest BCUT2D eigenvalue weighted by Gasteiger charge is -2.28. The molecule has 5 nitrogen and oxygen atoms in total. The van der Waals surface area contributed by atoms with Gasteiger partial charge in [0.2, 0.25) is 5.91 Å². The third-order valence-corrected chi connectivity index (χ3v) is 5.22. The van der Waals surface area contributed by atoms with Gasteiger partial charge in [0.05, 0.1) is 5.69 Å². The fourth-order valence-corrected chi connectivity index (χ4v) is 3.48. The van der Waals surface area contributed by atoms with Gasteiger partial charge in [0, 0.05) is 19.2 Å². The second-order valence-electron chi connectivity index (χ2n) is 7.37. The van der Waals surface area contributed by atoms with Crippen LogP contribution in [0.15, 0.2) is 36.5 Å². The minimum absolute atomic E-state index is 0.0176. The number of alkyl halides is 3. The van der Waals surface area contributed by atoms with Gasteiger partial charge >= 0.3 is 6.18 Å². The van der Waals surface area contributed by atoms with Crippen molar-refractivity contribution in [3.63, 3.8) is 0 Å². The second-order valence-corrected chi connectivity index (χ2v) is 7.37. The molecule has 2 heterocycles. The first-order valence-corrected chi connectivity index (χ1v) is 9.52. The van der Waals surface area contributed by atoms with Crippen LogP contribution in [0, 0.1) is 11.8 Å². The molecule has 0 spiro atoms. The molecule has 0 aliphatic carbocycles. The lowest BCUT2D eigenvalue weighted by molar-refractivity contribution is -0.141. The second kappa shape index (κ2) is 8.77. The minimum atomic E-state index is -4.46. The number of carbonyl (C=O) groups excluding carboxylic acids is 1. The molecule has 1 aromatic carbocycles. The van der Waals surface area contributed by atoms with E-state index in [-0.39, 0.29) is 5.91 Å². The fourth-order valence-electron chi connectivity index (χ4n) is 3.48. The number of nitrogens with one attached hydrogen (secondary N) is 2. The van der Waals surface area contributed by atoms with Crippen LogP contribution in [-0.4, -0.2) is 28.8 Å². The molecule has 1 aromatic heterocycles. The highest BCUT2D eigenvalue weighted by atomic mass is 19.4. The Bertz CT molecular complexity index is 779. The van der Waals surface area contributed by atoms with E-state index in [1.807, 2.05) is 0 Å². The first kappa shape index (κ1) is 20.4. The number of amides is 1. The van der Waals surface area contributed by atoms with Crippen LogP contribution in [0.3, 0.4) is 0 Å². The molecule has 1 amide bonds. The Labute approximate surface area is 162 Å². The summed E-state index contributed by atoms with van der Waals surface area (Å²) in [7, 11) is 0. The molecule has 0 saturated carbocycles. The normalized spacial score (nSPS) is 18.6. The van der Waals surface area contributed by atoms with Crippen LogP contribution in [-0.2, 0) is 17.5 Å². The van der Waals surface area contributed by atoms with Crippen LogP contribution in [0.4, 0.5) is 13.2 Å². The topological polar surface area (TPSA) is 59.0 Å². The number of aromatic nitrogens is 2. The van der Waals surface area contributed by atoms with Crippen molar-refractivity contribution in [1.29, 1.82) is 0 Å². The Balaban J connectivity index is 1.50. The van der Waals surface area contributed by atoms with E-state index in [0.29, 0.717) is 30.5 Å². The van der Waals surface area contributed by atoms with Gasteiger partial charge in [0.1, 0.15) is 0 Å². The first-order chi connectivity index (χ1) is 13.3. The molecule has 3 rings (SSSR count). The summed E-state index contributed by atoms with van der Waals surface area (Å²) in [4.78, 5) is 12.2. The highest BCUT2D eigenvalue weighted by Crippen LogP contribution is 2.28. The molecule has 1 aliphatic rings. The van der Waals surface area contributed by atoms with Crippen molar-refractivity contribution >= 4 is 5.91 Å². The van der Waals surface area contributed by atoms with E-state index < -0.39 is 11.9 Å². The Morgan fingerprint density at radius 3 is 2.68 bits per heavy atom. The van der Waals surface area contributed by atoms with E-state index in [2.05, 4.69) is 22.7 Å². The Kier molecular flexibility index (Phi) is 6.39. The Morgan fingerprint density at radius 1 is 1.32 bits per heavy atom. The molecule has 28 heavy (non-hydrogen) atoms. The van der Waals surface area contributed by atoms with Gasteiger partial charge < -0.3 is 10.6 Å². The number of hydrogen-bond acceptors (Lipinski definition) is 3. The van der Waals surface area contributed by atoms with Crippen LogP contribution in [0.25, 0.3) is 5.69 Å². The Morgan fingerprint density at radius 2 is 2.07 bits per heavy atom. The van der Waals surface area contributed by atoms with Crippen molar-refractivity contribution in [2.75, 3.05) is 13.1 Å². The van der Waals surface area contributed by atoms with E-state index in [9.17, 15) is 18.0 Å². The number of piperidine rings is 1. The minimum Gasteiger partial charge on any atom is -0.352 e. The molecule has 152 valence electrons. The van der Waals surface area contributed by atoms with Crippen LogP contribution in [0.2, 0.25) is 0 Å². The molecule has 1 aliphatic heterocycles. The zero-order valence-electron chi connectivity index (χ0n) is 15.8. The maximum Gasteiger partial charge on any atom is 0.435 e. The van der Waals surface area contributed by atoms with E-state index in [4.69, 9.17) is 0 Å². The summed E-state index contributed by atoms with van der Waals surface area (Å²) in [5.74, 6) is 0.885.